The van der Waals surface area contributed by atoms with Crippen LogP contribution in [0.2, 0.25) is 0 Å². The summed E-state index contributed by atoms with van der Waals surface area (Å²) in [6, 6.07) is 19.2. The van der Waals surface area contributed by atoms with Gasteiger partial charge in [-0.25, -0.2) is 13.2 Å². The number of amides is 2. The maximum Gasteiger partial charge on any atom is 0.323 e. The van der Waals surface area contributed by atoms with E-state index < -0.39 is 15.9 Å². The van der Waals surface area contributed by atoms with Crippen LogP contribution in [0, 0.1) is 11.3 Å². The number of aromatic nitrogens is 1. The average molecular weight is 602 g/mol. The summed E-state index contributed by atoms with van der Waals surface area (Å²) < 4.78 is 41.5. The molecule has 4 aromatic rings. The van der Waals surface area contributed by atoms with Crippen LogP contribution in [0.3, 0.4) is 0 Å². The minimum absolute atomic E-state index is 0.0686. The number of anilines is 2. The summed E-state index contributed by atoms with van der Waals surface area (Å²) >= 11 is 0. The molecule has 0 unspecified atom stereocenters. The van der Waals surface area contributed by atoms with Gasteiger partial charge in [-0.3, -0.25) is 14.8 Å². The number of carbonyl (C=O) groups is 1. The fourth-order valence-electron chi connectivity index (χ4n) is 4.79. The highest BCUT2D eigenvalue weighted by molar-refractivity contribution is 7.90. The highest BCUT2D eigenvalue weighted by Gasteiger charge is 2.18. The normalized spacial score (nSPS) is 13.8. The fourth-order valence-corrected chi connectivity index (χ4v) is 5.45. The zero-order valence-corrected chi connectivity index (χ0v) is 24.4. The molecule has 1 fully saturated rings. The Morgan fingerprint density at radius 3 is 2.53 bits per heavy atom. The Kier molecular flexibility index (Phi) is 9.06. The lowest BCUT2D eigenvalue weighted by molar-refractivity contribution is 0.0358. The molecule has 2 amide bonds. The quantitative estimate of drug-likeness (QED) is 0.257. The van der Waals surface area contributed by atoms with Crippen LogP contribution < -0.4 is 20.1 Å². The van der Waals surface area contributed by atoms with Gasteiger partial charge in [-0.05, 0) is 61.0 Å². The van der Waals surface area contributed by atoms with E-state index in [1.807, 2.05) is 0 Å². The third-order valence-corrected chi connectivity index (χ3v) is 8.06. The Morgan fingerprint density at radius 1 is 1.07 bits per heavy atom. The van der Waals surface area contributed by atoms with Crippen molar-refractivity contribution in [1.29, 1.82) is 5.26 Å². The topological polar surface area (TPSA) is 148 Å². The van der Waals surface area contributed by atoms with Crippen molar-refractivity contribution in [3.63, 3.8) is 0 Å². The summed E-state index contributed by atoms with van der Waals surface area (Å²) in [6.45, 7) is 4.70. The first-order valence-corrected chi connectivity index (χ1v) is 15.6. The van der Waals surface area contributed by atoms with Gasteiger partial charge in [0.15, 0.2) is 9.84 Å². The highest BCUT2D eigenvalue weighted by atomic mass is 32.2. The Labute approximate surface area is 249 Å². The van der Waals surface area contributed by atoms with Crippen molar-refractivity contribution in [3.05, 3.63) is 78.5 Å². The first-order chi connectivity index (χ1) is 20.7. The molecule has 1 aliphatic heterocycles. The van der Waals surface area contributed by atoms with E-state index in [0.717, 1.165) is 45.5 Å². The maximum absolute atomic E-state index is 12.3. The monoisotopic (exact) mass is 601 g/mol. The van der Waals surface area contributed by atoms with E-state index in [2.05, 4.69) is 16.0 Å². The molecule has 0 radical (unpaired) electrons. The first kappa shape index (κ1) is 29.8. The van der Waals surface area contributed by atoms with Crippen LogP contribution >= 0.6 is 0 Å². The first-order valence-electron chi connectivity index (χ1n) is 13.7. The van der Waals surface area contributed by atoms with Crippen LogP contribution in [-0.2, 0) is 14.6 Å². The molecule has 0 bridgehead atoms. The number of hydrogen-bond donors (Lipinski definition) is 1. The molecular weight excluding hydrogens is 570 g/mol. The molecule has 5 rings (SSSR count). The van der Waals surface area contributed by atoms with E-state index in [-0.39, 0.29) is 4.90 Å². The molecule has 0 atom stereocenters. The molecule has 3 aromatic carbocycles. The van der Waals surface area contributed by atoms with Crippen molar-refractivity contribution in [3.8, 4) is 23.3 Å². The molecule has 2 N–H and O–H groups in total. The molecule has 1 saturated heterocycles. The molecule has 0 aliphatic carbocycles. The van der Waals surface area contributed by atoms with Gasteiger partial charge in [-0.1, -0.05) is 6.07 Å². The van der Waals surface area contributed by atoms with Gasteiger partial charge >= 0.3 is 6.03 Å². The van der Waals surface area contributed by atoms with Crippen molar-refractivity contribution in [1.82, 2.24) is 9.88 Å². The summed E-state index contributed by atoms with van der Waals surface area (Å²) in [6.07, 6.45) is 3.53. The van der Waals surface area contributed by atoms with Gasteiger partial charge in [0.2, 0.25) is 0 Å². The SMILES string of the molecule is CS(=O)(=O)c1cccc(N(C(N)=O)c2ccc(Oc3ccnc4cc(OCCCN5CCOCC5)c(C#N)cc34)cc2)c1. The minimum atomic E-state index is -3.48. The highest BCUT2D eigenvalue weighted by Crippen LogP contribution is 2.35. The largest absolute Gasteiger partial charge is 0.492 e. The number of nitriles is 1. The Balaban J connectivity index is 1.32. The standard InChI is InChI=1S/C31H31N5O6S/c1-43(38,39)26-5-2-4-24(19-26)36(31(33)37)23-6-8-25(9-7-23)42-29-10-11-34-28-20-30(22(21-32)18-27(28)29)41-15-3-12-35-13-16-40-17-14-35/h2,4-11,18-20H,3,12-17H2,1H3,(H2,33,37). The maximum atomic E-state index is 12.3. The molecule has 1 aromatic heterocycles. The van der Waals surface area contributed by atoms with Gasteiger partial charge in [0.1, 0.15) is 23.3 Å². The van der Waals surface area contributed by atoms with Gasteiger partial charge < -0.3 is 19.9 Å². The number of carbonyl (C=O) groups excluding carboxylic acids is 1. The lowest BCUT2D eigenvalue weighted by Crippen LogP contribution is -2.37. The van der Waals surface area contributed by atoms with Crippen LogP contribution in [0.5, 0.6) is 17.2 Å². The van der Waals surface area contributed by atoms with Crippen LogP contribution in [0.25, 0.3) is 10.9 Å². The number of sulfone groups is 1. The van der Waals surface area contributed by atoms with Crippen molar-refractivity contribution < 1.29 is 27.4 Å². The molecule has 2 heterocycles. The molecule has 0 saturated carbocycles. The van der Waals surface area contributed by atoms with E-state index in [9.17, 15) is 18.5 Å². The average Bonchev–Trinajstić information content (AvgIpc) is 3.00. The zero-order chi connectivity index (χ0) is 30.4. The van der Waals surface area contributed by atoms with Gasteiger partial charge in [0.05, 0.1) is 47.2 Å². The summed E-state index contributed by atoms with van der Waals surface area (Å²) in [5, 5.41) is 10.5. The number of primary amides is 1. The summed E-state index contributed by atoms with van der Waals surface area (Å²) in [7, 11) is -3.48. The Morgan fingerprint density at radius 2 is 1.84 bits per heavy atom. The van der Waals surface area contributed by atoms with Crippen LogP contribution in [0.4, 0.5) is 16.2 Å². The smallest absolute Gasteiger partial charge is 0.323 e. The van der Waals surface area contributed by atoms with E-state index in [4.69, 9.17) is 19.9 Å². The second-order valence-electron chi connectivity index (χ2n) is 9.98. The second kappa shape index (κ2) is 13.1. The number of pyridine rings is 1. The number of nitrogens with zero attached hydrogens (tertiary/aromatic N) is 4. The van der Waals surface area contributed by atoms with Crippen LogP contribution in [0.15, 0.2) is 77.8 Å². The number of fused-ring (bicyclic) bond motifs is 1. The number of nitrogens with two attached hydrogens (primary N) is 1. The van der Waals surface area contributed by atoms with Gasteiger partial charge in [0.25, 0.3) is 0 Å². The molecule has 11 nitrogen and oxygen atoms in total. The van der Waals surface area contributed by atoms with Gasteiger partial charge in [-0.15, -0.1) is 0 Å². The van der Waals surface area contributed by atoms with E-state index in [1.165, 1.54) is 17.0 Å². The molecule has 12 heteroatoms. The van der Waals surface area contributed by atoms with Gasteiger partial charge in [-0.2, -0.15) is 5.26 Å². The third-order valence-electron chi connectivity index (χ3n) is 6.95. The number of urea groups is 1. The van der Waals surface area contributed by atoms with Crippen molar-refractivity contribution >= 4 is 38.1 Å². The van der Waals surface area contributed by atoms with E-state index >= 15 is 0 Å². The minimum Gasteiger partial charge on any atom is -0.492 e. The Hall–Kier alpha value is -4.70. The predicted molar refractivity (Wildman–Crippen MR) is 162 cm³/mol. The number of benzene rings is 3. The lowest BCUT2D eigenvalue weighted by Gasteiger charge is -2.26. The number of ether oxygens (including phenoxy) is 3. The fraction of sp³-hybridized carbons (Fsp3) is 0.258. The van der Waals surface area contributed by atoms with Crippen LogP contribution in [0.1, 0.15) is 12.0 Å². The molecular formula is C31H31N5O6S. The van der Waals surface area contributed by atoms with Gasteiger partial charge in [0, 0.05) is 43.5 Å². The third kappa shape index (κ3) is 7.21. The zero-order valence-electron chi connectivity index (χ0n) is 23.6. The number of morpholine rings is 1. The molecule has 0 spiro atoms. The predicted octanol–water partition coefficient (Wildman–Crippen LogP) is 4.62. The number of rotatable bonds is 10. The summed E-state index contributed by atoms with van der Waals surface area (Å²) in [5.41, 5.74) is 7.38. The van der Waals surface area contributed by atoms with Crippen LogP contribution in [-0.4, -0.2) is 70.0 Å². The summed E-state index contributed by atoms with van der Waals surface area (Å²) in [4.78, 5) is 20.4. The van der Waals surface area contributed by atoms with Crippen molar-refractivity contribution in [2.75, 3.05) is 50.6 Å². The second-order valence-corrected chi connectivity index (χ2v) is 12.0. The van der Waals surface area contributed by atoms with Crippen molar-refractivity contribution in [2.24, 2.45) is 5.73 Å². The lowest BCUT2D eigenvalue weighted by atomic mass is 10.1. The number of hydrogen-bond acceptors (Lipinski definition) is 9. The molecule has 43 heavy (non-hydrogen) atoms. The van der Waals surface area contributed by atoms with E-state index in [1.54, 1.807) is 60.8 Å². The molecule has 1 aliphatic rings. The van der Waals surface area contributed by atoms with Crippen molar-refractivity contribution in [2.45, 2.75) is 11.3 Å². The van der Waals surface area contributed by atoms with E-state index in [0.29, 0.717) is 51.7 Å². The summed E-state index contributed by atoms with van der Waals surface area (Å²) in [5.74, 6) is 1.42. The molecule has 222 valence electrons. The Bertz CT molecular complexity index is 1770.